The van der Waals surface area contributed by atoms with E-state index in [1.165, 1.54) is 17.7 Å². The molecule has 7 nitrogen and oxygen atoms in total. The molecule has 28 heavy (non-hydrogen) atoms. The van der Waals surface area contributed by atoms with Crippen LogP contribution in [-0.2, 0) is 9.59 Å². The Morgan fingerprint density at radius 1 is 1.18 bits per heavy atom. The van der Waals surface area contributed by atoms with Crippen LogP contribution in [0, 0.1) is 0 Å². The lowest BCUT2D eigenvalue weighted by Gasteiger charge is -2.29. The first-order valence-electron chi connectivity index (χ1n) is 10.1. The van der Waals surface area contributed by atoms with Crippen LogP contribution in [0.3, 0.4) is 0 Å². The van der Waals surface area contributed by atoms with Crippen molar-refractivity contribution in [2.45, 2.75) is 64.5 Å². The van der Waals surface area contributed by atoms with Crippen molar-refractivity contribution in [2.24, 2.45) is 0 Å². The topological polar surface area (TPSA) is 87.7 Å². The molecule has 2 N–H and O–H groups in total. The molecule has 1 aromatic carbocycles. The van der Waals surface area contributed by atoms with E-state index < -0.39 is 0 Å². The van der Waals surface area contributed by atoms with E-state index in [9.17, 15) is 14.4 Å². The first kappa shape index (κ1) is 20.2. The maximum absolute atomic E-state index is 12.7. The molecule has 0 bridgehead atoms. The fourth-order valence-electron chi connectivity index (χ4n) is 3.72. The van der Waals surface area contributed by atoms with Gasteiger partial charge in [-0.25, -0.2) is 0 Å². The first-order valence-corrected chi connectivity index (χ1v) is 10.1. The van der Waals surface area contributed by atoms with Gasteiger partial charge in [-0.2, -0.15) is 0 Å². The molecule has 1 fully saturated rings. The average molecular weight is 387 g/mol. The number of benzene rings is 1. The number of nitrogens with one attached hydrogen (secondary N) is 2. The van der Waals surface area contributed by atoms with Gasteiger partial charge in [-0.05, 0) is 44.9 Å². The number of nitrogens with zero attached hydrogens (tertiary/aromatic N) is 1. The van der Waals surface area contributed by atoms with Gasteiger partial charge in [0.1, 0.15) is 12.3 Å². The molecular weight excluding hydrogens is 358 g/mol. The molecule has 0 spiro atoms. The number of carbonyl (C=O) groups excluding carboxylic acids is 3. The second-order valence-corrected chi connectivity index (χ2v) is 7.84. The largest absolute Gasteiger partial charge is 0.482 e. The highest BCUT2D eigenvalue weighted by Gasteiger charge is 2.28. The summed E-state index contributed by atoms with van der Waals surface area (Å²) in [7, 11) is 0. The standard InChI is InChI=1S/C21H29N3O4/c1-14(2)22-19(25)12-24-17-11-15(9-10-18(17)28-13-20(24)26)21(27)23-16-7-5-3-4-6-8-16/h9-11,14,16H,3-8,12-13H2,1-2H3,(H,22,25)(H,23,27). The molecule has 0 atom stereocenters. The van der Waals surface area contributed by atoms with Crippen LogP contribution in [0.2, 0.25) is 0 Å². The molecule has 3 rings (SSSR count). The minimum Gasteiger partial charge on any atom is -0.482 e. The number of fused-ring (bicyclic) bond motifs is 1. The van der Waals surface area contributed by atoms with E-state index in [0.29, 0.717) is 17.0 Å². The summed E-state index contributed by atoms with van der Waals surface area (Å²) in [5.41, 5.74) is 0.930. The van der Waals surface area contributed by atoms with Gasteiger partial charge in [0.2, 0.25) is 5.91 Å². The van der Waals surface area contributed by atoms with Crippen molar-refractivity contribution in [1.29, 1.82) is 0 Å². The third-order valence-electron chi connectivity index (χ3n) is 5.11. The fourth-order valence-corrected chi connectivity index (χ4v) is 3.72. The number of rotatable bonds is 5. The molecule has 1 aromatic rings. The van der Waals surface area contributed by atoms with E-state index in [1.807, 2.05) is 13.8 Å². The molecule has 7 heteroatoms. The lowest BCUT2D eigenvalue weighted by atomic mass is 10.1. The maximum atomic E-state index is 12.7. The molecule has 1 heterocycles. The van der Waals surface area contributed by atoms with Crippen LogP contribution in [0.4, 0.5) is 5.69 Å². The zero-order valence-electron chi connectivity index (χ0n) is 16.6. The maximum Gasteiger partial charge on any atom is 0.265 e. The Kier molecular flexibility index (Phi) is 6.54. The molecule has 0 aromatic heterocycles. The van der Waals surface area contributed by atoms with Crippen LogP contribution in [-0.4, -0.2) is 43.0 Å². The van der Waals surface area contributed by atoms with Crippen molar-refractivity contribution in [1.82, 2.24) is 10.6 Å². The van der Waals surface area contributed by atoms with Gasteiger partial charge >= 0.3 is 0 Å². The van der Waals surface area contributed by atoms with Crippen molar-refractivity contribution in [2.75, 3.05) is 18.1 Å². The van der Waals surface area contributed by atoms with Gasteiger partial charge in [0.05, 0.1) is 5.69 Å². The van der Waals surface area contributed by atoms with Crippen LogP contribution >= 0.6 is 0 Å². The number of carbonyl (C=O) groups is 3. The van der Waals surface area contributed by atoms with Crippen LogP contribution in [0.1, 0.15) is 62.7 Å². The number of hydrogen-bond donors (Lipinski definition) is 2. The van der Waals surface area contributed by atoms with Gasteiger partial charge in [-0.1, -0.05) is 25.7 Å². The number of hydrogen-bond acceptors (Lipinski definition) is 4. The van der Waals surface area contributed by atoms with Crippen molar-refractivity contribution >= 4 is 23.4 Å². The number of anilines is 1. The Hall–Kier alpha value is -2.57. The van der Waals surface area contributed by atoms with Crippen molar-refractivity contribution in [3.8, 4) is 5.75 Å². The van der Waals surface area contributed by atoms with E-state index in [4.69, 9.17) is 4.74 Å². The summed E-state index contributed by atoms with van der Waals surface area (Å²) in [6, 6.07) is 5.21. The van der Waals surface area contributed by atoms with Crippen molar-refractivity contribution < 1.29 is 19.1 Å². The molecule has 3 amide bonds. The molecule has 152 valence electrons. The first-order chi connectivity index (χ1) is 13.4. The Morgan fingerprint density at radius 2 is 1.89 bits per heavy atom. The molecule has 0 unspecified atom stereocenters. The SMILES string of the molecule is CC(C)NC(=O)CN1C(=O)COc2ccc(C(=O)NC3CCCCCC3)cc21. The summed E-state index contributed by atoms with van der Waals surface area (Å²) < 4.78 is 5.48. The zero-order chi connectivity index (χ0) is 20.1. The second kappa shape index (κ2) is 9.08. The van der Waals surface area contributed by atoms with Crippen molar-refractivity contribution in [3.63, 3.8) is 0 Å². The Balaban J connectivity index is 1.76. The summed E-state index contributed by atoms with van der Waals surface area (Å²) in [6.45, 7) is 3.52. The lowest BCUT2D eigenvalue weighted by Crippen LogP contribution is -2.46. The lowest BCUT2D eigenvalue weighted by molar-refractivity contribution is -0.125. The van der Waals surface area contributed by atoms with E-state index in [1.54, 1.807) is 18.2 Å². The van der Waals surface area contributed by atoms with E-state index in [0.717, 1.165) is 25.7 Å². The fraction of sp³-hybridized carbons (Fsp3) is 0.571. The second-order valence-electron chi connectivity index (χ2n) is 7.84. The Morgan fingerprint density at radius 3 is 2.57 bits per heavy atom. The average Bonchev–Trinajstić information content (AvgIpc) is 2.91. The summed E-state index contributed by atoms with van der Waals surface area (Å²) in [6.07, 6.45) is 6.71. The normalized spacial score (nSPS) is 17.5. The van der Waals surface area contributed by atoms with Gasteiger partial charge in [0.25, 0.3) is 11.8 Å². The third kappa shape index (κ3) is 5.03. The Bertz CT molecular complexity index is 739. The summed E-state index contributed by atoms with van der Waals surface area (Å²) in [5, 5.41) is 5.90. The minimum absolute atomic E-state index is 0.0141. The van der Waals surface area contributed by atoms with Gasteiger partial charge in [0, 0.05) is 17.6 Å². The smallest absolute Gasteiger partial charge is 0.265 e. The number of ether oxygens (including phenoxy) is 1. The summed E-state index contributed by atoms with van der Waals surface area (Å²) >= 11 is 0. The highest BCUT2D eigenvalue weighted by molar-refractivity contribution is 6.04. The molecule has 1 saturated carbocycles. The minimum atomic E-state index is -0.298. The molecule has 0 saturated heterocycles. The quantitative estimate of drug-likeness (QED) is 0.760. The summed E-state index contributed by atoms with van der Waals surface area (Å²) in [4.78, 5) is 38.6. The number of amides is 3. The predicted molar refractivity (Wildman–Crippen MR) is 107 cm³/mol. The monoisotopic (exact) mass is 387 g/mol. The van der Waals surface area contributed by atoms with Gasteiger partial charge in [-0.3, -0.25) is 19.3 Å². The van der Waals surface area contributed by atoms with Crippen LogP contribution in [0.15, 0.2) is 18.2 Å². The van der Waals surface area contributed by atoms with E-state index in [-0.39, 0.29) is 43.0 Å². The molecule has 0 radical (unpaired) electrons. The highest BCUT2D eigenvalue weighted by Crippen LogP contribution is 2.33. The van der Waals surface area contributed by atoms with Crippen LogP contribution in [0.5, 0.6) is 5.75 Å². The van der Waals surface area contributed by atoms with Gasteiger partial charge in [0.15, 0.2) is 6.61 Å². The molecular formula is C21H29N3O4. The Labute approximate surface area is 165 Å². The zero-order valence-corrected chi connectivity index (χ0v) is 16.6. The van der Waals surface area contributed by atoms with Crippen LogP contribution < -0.4 is 20.3 Å². The van der Waals surface area contributed by atoms with E-state index >= 15 is 0 Å². The van der Waals surface area contributed by atoms with E-state index in [2.05, 4.69) is 10.6 Å². The van der Waals surface area contributed by atoms with Crippen molar-refractivity contribution in [3.05, 3.63) is 23.8 Å². The van der Waals surface area contributed by atoms with Crippen LogP contribution in [0.25, 0.3) is 0 Å². The molecule has 1 aliphatic carbocycles. The predicted octanol–water partition coefficient (Wildman–Crippen LogP) is 2.39. The summed E-state index contributed by atoms with van der Waals surface area (Å²) in [5.74, 6) is -0.195. The molecule has 2 aliphatic rings. The highest BCUT2D eigenvalue weighted by atomic mass is 16.5. The third-order valence-corrected chi connectivity index (χ3v) is 5.11. The molecule has 1 aliphatic heterocycles. The van der Waals surface area contributed by atoms with Gasteiger partial charge in [-0.15, -0.1) is 0 Å². The van der Waals surface area contributed by atoms with Gasteiger partial charge < -0.3 is 15.4 Å².